The summed E-state index contributed by atoms with van der Waals surface area (Å²) in [5, 5.41) is 2.77. The van der Waals surface area contributed by atoms with Gasteiger partial charge in [0.1, 0.15) is 6.73 Å². The van der Waals surface area contributed by atoms with Gasteiger partial charge in [-0.2, -0.15) is 4.98 Å². The maximum Gasteiger partial charge on any atom is 0.278 e. The number of hydrogen-bond acceptors (Lipinski definition) is 5. The van der Waals surface area contributed by atoms with E-state index in [1.165, 1.54) is 13.4 Å². The van der Waals surface area contributed by atoms with Gasteiger partial charge in [-0.15, -0.1) is 0 Å². The van der Waals surface area contributed by atoms with Crippen molar-refractivity contribution in [1.29, 1.82) is 0 Å². The molecule has 2 aromatic rings. The van der Waals surface area contributed by atoms with E-state index in [2.05, 4.69) is 25.3 Å². The number of anilines is 1. The Balaban J connectivity index is 2.43. The standard InChI is InChI=1S/C7H9N5O2/c1-14-3-10-7-11-5-4(6(13)12-7)8-2-9-5/h2H,3H2,1H3,(H3,8,9,10,11,12,13). The van der Waals surface area contributed by atoms with Crippen LogP contribution < -0.4 is 10.9 Å². The van der Waals surface area contributed by atoms with Gasteiger partial charge in [0.15, 0.2) is 11.2 Å². The van der Waals surface area contributed by atoms with Crippen LogP contribution in [-0.2, 0) is 4.74 Å². The smallest absolute Gasteiger partial charge is 0.278 e. The number of rotatable bonds is 3. The summed E-state index contributed by atoms with van der Waals surface area (Å²) < 4.78 is 4.78. The van der Waals surface area contributed by atoms with E-state index in [-0.39, 0.29) is 12.3 Å². The normalized spacial score (nSPS) is 10.6. The van der Waals surface area contributed by atoms with Crippen LogP contribution in [0.15, 0.2) is 11.1 Å². The summed E-state index contributed by atoms with van der Waals surface area (Å²) in [7, 11) is 1.54. The van der Waals surface area contributed by atoms with E-state index in [1.807, 2.05) is 0 Å². The number of methoxy groups -OCH3 is 1. The number of aromatic amines is 2. The van der Waals surface area contributed by atoms with Crippen molar-refractivity contribution in [3.63, 3.8) is 0 Å². The molecule has 0 amide bonds. The van der Waals surface area contributed by atoms with E-state index in [9.17, 15) is 4.79 Å². The number of nitrogens with one attached hydrogen (secondary N) is 3. The van der Waals surface area contributed by atoms with Crippen LogP contribution in [0.4, 0.5) is 5.95 Å². The van der Waals surface area contributed by atoms with Crippen LogP contribution in [0.5, 0.6) is 0 Å². The molecule has 0 saturated carbocycles. The van der Waals surface area contributed by atoms with E-state index in [0.717, 1.165) is 0 Å². The Kier molecular flexibility index (Phi) is 2.15. The molecule has 0 aromatic carbocycles. The van der Waals surface area contributed by atoms with Gasteiger partial charge in [0.25, 0.3) is 5.56 Å². The van der Waals surface area contributed by atoms with Crippen LogP contribution in [0.2, 0.25) is 0 Å². The number of imidazole rings is 1. The molecule has 14 heavy (non-hydrogen) atoms. The van der Waals surface area contributed by atoms with Crippen molar-refractivity contribution in [2.45, 2.75) is 0 Å². The van der Waals surface area contributed by atoms with Crippen molar-refractivity contribution in [3.05, 3.63) is 16.7 Å². The molecular formula is C7H9N5O2. The molecule has 2 aromatic heterocycles. The highest BCUT2D eigenvalue weighted by Gasteiger charge is 2.04. The molecule has 0 aliphatic heterocycles. The number of nitrogens with zero attached hydrogens (tertiary/aromatic N) is 2. The van der Waals surface area contributed by atoms with Crippen LogP contribution >= 0.6 is 0 Å². The van der Waals surface area contributed by atoms with Crippen molar-refractivity contribution in [2.75, 3.05) is 19.2 Å². The molecule has 0 spiro atoms. The van der Waals surface area contributed by atoms with Crippen molar-refractivity contribution >= 4 is 17.1 Å². The fraction of sp³-hybridized carbons (Fsp3) is 0.286. The van der Waals surface area contributed by atoms with Gasteiger partial charge < -0.3 is 15.0 Å². The third-order valence-electron chi connectivity index (χ3n) is 1.68. The van der Waals surface area contributed by atoms with Gasteiger partial charge in [0.05, 0.1) is 6.33 Å². The molecule has 0 aliphatic carbocycles. The molecule has 7 nitrogen and oxygen atoms in total. The van der Waals surface area contributed by atoms with E-state index in [0.29, 0.717) is 17.1 Å². The zero-order chi connectivity index (χ0) is 9.97. The average molecular weight is 195 g/mol. The van der Waals surface area contributed by atoms with E-state index >= 15 is 0 Å². The molecule has 2 rings (SSSR count). The molecule has 3 N–H and O–H groups in total. The summed E-state index contributed by atoms with van der Waals surface area (Å²) in [5.41, 5.74) is 0.492. The lowest BCUT2D eigenvalue weighted by atomic mass is 10.5. The molecule has 0 aliphatic rings. The molecule has 0 atom stereocenters. The van der Waals surface area contributed by atoms with Crippen LogP contribution in [-0.4, -0.2) is 33.8 Å². The van der Waals surface area contributed by atoms with Gasteiger partial charge in [-0.1, -0.05) is 0 Å². The molecule has 7 heteroatoms. The second kappa shape index (κ2) is 3.46. The number of ether oxygens (including phenoxy) is 1. The first kappa shape index (κ1) is 8.70. The Morgan fingerprint density at radius 2 is 2.50 bits per heavy atom. The van der Waals surface area contributed by atoms with Gasteiger partial charge in [0, 0.05) is 7.11 Å². The third-order valence-corrected chi connectivity index (χ3v) is 1.68. The quantitative estimate of drug-likeness (QED) is 0.582. The number of fused-ring (bicyclic) bond motifs is 1. The molecule has 0 saturated heterocycles. The number of hydrogen-bond donors (Lipinski definition) is 3. The highest BCUT2D eigenvalue weighted by atomic mass is 16.5. The summed E-state index contributed by atoms with van der Waals surface area (Å²) in [4.78, 5) is 24.5. The molecule has 74 valence electrons. The second-order valence-corrected chi connectivity index (χ2v) is 2.63. The number of H-pyrrole nitrogens is 2. The summed E-state index contributed by atoms with van der Waals surface area (Å²) in [5.74, 6) is 0.344. The maximum absolute atomic E-state index is 11.4. The first-order valence-electron chi connectivity index (χ1n) is 3.97. The van der Waals surface area contributed by atoms with Crippen LogP contribution in [0.25, 0.3) is 11.2 Å². The highest BCUT2D eigenvalue weighted by molar-refractivity contribution is 5.69. The predicted octanol–water partition coefficient (Wildman–Crippen LogP) is -0.338. The van der Waals surface area contributed by atoms with E-state index < -0.39 is 0 Å². The Morgan fingerprint density at radius 1 is 1.64 bits per heavy atom. The van der Waals surface area contributed by atoms with Crippen LogP contribution in [0.3, 0.4) is 0 Å². The second-order valence-electron chi connectivity index (χ2n) is 2.63. The van der Waals surface area contributed by atoms with Crippen LogP contribution in [0.1, 0.15) is 0 Å². The lowest BCUT2D eigenvalue weighted by Crippen LogP contribution is -2.14. The van der Waals surface area contributed by atoms with Crippen molar-refractivity contribution in [3.8, 4) is 0 Å². The molecule has 0 radical (unpaired) electrons. The molecule has 0 bridgehead atoms. The van der Waals surface area contributed by atoms with Crippen molar-refractivity contribution in [2.24, 2.45) is 0 Å². The Hall–Kier alpha value is -1.89. The molecule has 0 fully saturated rings. The zero-order valence-electron chi connectivity index (χ0n) is 7.50. The van der Waals surface area contributed by atoms with E-state index in [1.54, 1.807) is 0 Å². The first-order valence-corrected chi connectivity index (χ1v) is 3.97. The van der Waals surface area contributed by atoms with Gasteiger partial charge >= 0.3 is 0 Å². The predicted molar refractivity (Wildman–Crippen MR) is 50.0 cm³/mol. The fourth-order valence-electron chi connectivity index (χ4n) is 1.07. The zero-order valence-corrected chi connectivity index (χ0v) is 7.50. The minimum atomic E-state index is -0.258. The maximum atomic E-state index is 11.4. The lowest BCUT2D eigenvalue weighted by Gasteiger charge is -2.01. The largest absolute Gasteiger partial charge is 0.364 e. The Labute approximate surface area is 78.5 Å². The molecule has 0 unspecified atom stereocenters. The average Bonchev–Trinajstić information content (AvgIpc) is 2.63. The van der Waals surface area contributed by atoms with E-state index in [4.69, 9.17) is 4.74 Å². The number of aromatic nitrogens is 4. The van der Waals surface area contributed by atoms with Gasteiger partial charge in [-0.3, -0.25) is 9.78 Å². The monoisotopic (exact) mass is 195 g/mol. The summed E-state index contributed by atoms with van der Waals surface area (Å²) in [6.07, 6.45) is 1.42. The third kappa shape index (κ3) is 1.44. The summed E-state index contributed by atoms with van der Waals surface area (Å²) >= 11 is 0. The Morgan fingerprint density at radius 3 is 3.29 bits per heavy atom. The minimum Gasteiger partial charge on any atom is -0.364 e. The highest BCUT2D eigenvalue weighted by Crippen LogP contribution is 2.01. The summed E-state index contributed by atoms with van der Waals surface area (Å²) in [6.45, 7) is 0.277. The molecule has 2 heterocycles. The van der Waals surface area contributed by atoms with Gasteiger partial charge in [0.2, 0.25) is 5.95 Å². The molecular weight excluding hydrogens is 186 g/mol. The topological polar surface area (TPSA) is 95.7 Å². The van der Waals surface area contributed by atoms with Gasteiger partial charge in [-0.25, -0.2) is 4.98 Å². The van der Waals surface area contributed by atoms with Crippen LogP contribution in [0, 0.1) is 0 Å². The Bertz CT molecular complexity index is 488. The SMILES string of the molecule is COCNc1nc2nc[nH]c2c(=O)[nH]1. The van der Waals surface area contributed by atoms with Crippen molar-refractivity contribution in [1.82, 2.24) is 19.9 Å². The lowest BCUT2D eigenvalue weighted by molar-refractivity contribution is 0.220. The summed E-state index contributed by atoms with van der Waals surface area (Å²) in [6, 6.07) is 0. The van der Waals surface area contributed by atoms with Gasteiger partial charge in [-0.05, 0) is 0 Å². The first-order chi connectivity index (χ1) is 6.81. The fourth-order valence-corrected chi connectivity index (χ4v) is 1.07. The minimum absolute atomic E-state index is 0.258. The van der Waals surface area contributed by atoms with Crippen molar-refractivity contribution < 1.29 is 4.74 Å².